The number of aromatic nitrogens is 1. The van der Waals surface area contributed by atoms with E-state index in [0.717, 1.165) is 12.1 Å². The Bertz CT molecular complexity index is 440. The highest BCUT2D eigenvalue weighted by Crippen LogP contribution is 2.28. The van der Waals surface area contributed by atoms with Gasteiger partial charge in [0.15, 0.2) is 0 Å². The molecule has 6 heteroatoms. The van der Waals surface area contributed by atoms with Crippen molar-refractivity contribution in [2.24, 2.45) is 0 Å². The summed E-state index contributed by atoms with van der Waals surface area (Å²) in [5.74, 6) is 3.51. The van der Waals surface area contributed by atoms with Crippen LogP contribution in [0.15, 0.2) is 18.3 Å². The molecule has 0 aliphatic carbocycles. The number of pyridine rings is 1. The van der Waals surface area contributed by atoms with Gasteiger partial charge in [-0.1, -0.05) is 5.92 Å². The zero-order valence-corrected chi connectivity index (χ0v) is 7.88. The lowest BCUT2D eigenvalue weighted by Crippen LogP contribution is -2.05. The van der Waals surface area contributed by atoms with E-state index in [1.807, 2.05) is 0 Å². The number of hydrogen-bond acceptors (Lipinski definition) is 2. The van der Waals surface area contributed by atoms with Gasteiger partial charge in [0.25, 0.3) is 0 Å². The molecule has 1 aromatic heterocycles. The van der Waals surface area contributed by atoms with E-state index in [9.17, 15) is 18.0 Å². The van der Waals surface area contributed by atoms with Gasteiger partial charge in [0.05, 0.1) is 5.56 Å². The first-order valence-electron chi connectivity index (χ1n) is 4.13. The predicted molar refractivity (Wildman–Crippen MR) is 48.4 cm³/mol. The van der Waals surface area contributed by atoms with Crippen LogP contribution in [-0.2, 0) is 11.0 Å². The maximum absolute atomic E-state index is 12.1. The van der Waals surface area contributed by atoms with Crippen molar-refractivity contribution in [3.05, 3.63) is 29.6 Å². The number of aliphatic carboxylic acids is 1. The third kappa shape index (κ3) is 3.61. The summed E-state index contributed by atoms with van der Waals surface area (Å²) in [7, 11) is 0. The Balaban J connectivity index is 2.78. The molecule has 1 heterocycles. The van der Waals surface area contributed by atoms with Crippen molar-refractivity contribution in [2.75, 3.05) is 0 Å². The molecule has 16 heavy (non-hydrogen) atoms. The fourth-order valence-electron chi connectivity index (χ4n) is 0.846. The maximum atomic E-state index is 12.1. The SMILES string of the molecule is O=C(O)CC#Cc1ccc(C(F)(F)F)cn1. The van der Waals surface area contributed by atoms with Gasteiger partial charge in [-0.25, -0.2) is 4.98 Å². The molecule has 1 rings (SSSR count). The first-order valence-corrected chi connectivity index (χ1v) is 4.13. The normalized spacial score (nSPS) is 10.4. The summed E-state index contributed by atoms with van der Waals surface area (Å²) in [5, 5.41) is 8.27. The Labute approximate surface area is 88.9 Å². The Morgan fingerprint density at radius 2 is 2.12 bits per heavy atom. The molecule has 0 aliphatic rings. The second-order valence-corrected chi connectivity index (χ2v) is 2.80. The molecule has 0 unspecified atom stereocenters. The predicted octanol–water partition coefficient (Wildman–Crippen LogP) is 1.93. The quantitative estimate of drug-likeness (QED) is 0.748. The standard InChI is InChI=1S/C10H6F3NO2/c11-10(12,13)7-4-5-8(14-6-7)2-1-3-9(15)16/h4-6H,3H2,(H,15,16). The Hall–Kier alpha value is -2.03. The van der Waals surface area contributed by atoms with E-state index in [0.29, 0.717) is 6.20 Å². The number of halogens is 3. The molecule has 0 spiro atoms. The van der Waals surface area contributed by atoms with E-state index in [4.69, 9.17) is 5.11 Å². The van der Waals surface area contributed by atoms with Gasteiger partial charge in [0.1, 0.15) is 12.1 Å². The van der Waals surface area contributed by atoms with Crippen molar-refractivity contribution in [1.82, 2.24) is 4.98 Å². The van der Waals surface area contributed by atoms with Crippen molar-refractivity contribution in [3.63, 3.8) is 0 Å². The molecule has 1 N–H and O–H groups in total. The van der Waals surface area contributed by atoms with Crippen molar-refractivity contribution in [1.29, 1.82) is 0 Å². The van der Waals surface area contributed by atoms with Gasteiger partial charge in [-0.05, 0) is 18.1 Å². The van der Waals surface area contributed by atoms with Gasteiger partial charge in [0, 0.05) is 6.20 Å². The summed E-state index contributed by atoms with van der Waals surface area (Å²) in [4.78, 5) is 13.6. The smallest absolute Gasteiger partial charge is 0.417 e. The summed E-state index contributed by atoms with van der Waals surface area (Å²) >= 11 is 0. The summed E-state index contributed by atoms with van der Waals surface area (Å²) in [5.41, 5.74) is -0.759. The zero-order chi connectivity index (χ0) is 12.2. The maximum Gasteiger partial charge on any atom is 0.417 e. The van der Waals surface area contributed by atoms with Crippen LogP contribution in [0.4, 0.5) is 13.2 Å². The molecular weight excluding hydrogens is 223 g/mol. The molecule has 1 aromatic rings. The molecule has 0 radical (unpaired) electrons. The number of alkyl halides is 3. The lowest BCUT2D eigenvalue weighted by Gasteiger charge is -2.04. The minimum atomic E-state index is -4.43. The largest absolute Gasteiger partial charge is 0.481 e. The molecule has 0 aromatic carbocycles. The van der Waals surface area contributed by atoms with E-state index < -0.39 is 17.7 Å². The highest BCUT2D eigenvalue weighted by atomic mass is 19.4. The van der Waals surface area contributed by atoms with E-state index in [-0.39, 0.29) is 12.1 Å². The monoisotopic (exact) mass is 229 g/mol. The van der Waals surface area contributed by atoms with Crippen LogP contribution in [0.3, 0.4) is 0 Å². The number of nitrogens with zero attached hydrogens (tertiary/aromatic N) is 1. The highest BCUT2D eigenvalue weighted by Gasteiger charge is 2.30. The van der Waals surface area contributed by atoms with Crippen molar-refractivity contribution in [2.45, 2.75) is 12.6 Å². The fraction of sp³-hybridized carbons (Fsp3) is 0.200. The van der Waals surface area contributed by atoms with Crippen LogP contribution >= 0.6 is 0 Å². The second kappa shape index (κ2) is 4.66. The topological polar surface area (TPSA) is 50.2 Å². The van der Waals surface area contributed by atoms with E-state index in [1.165, 1.54) is 0 Å². The molecule has 0 fully saturated rings. The van der Waals surface area contributed by atoms with Crippen LogP contribution in [0.5, 0.6) is 0 Å². The van der Waals surface area contributed by atoms with Crippen LogP contribution in [0.1, 0.15) is 17.7 Å². The number of carboxylic acid groups (broad SMARTS) is 1. The highest BCUT2D eigenvalue weighted by molar-refractivity contribution is 5.70. The second-order valence-electron chi connectivity index (χ2n) is 2.80. The van der Waals surface area contributed by atoms with Gasteiger partial charge >= 0.3 is 12.1 Å². The van der Waals surface area contributed by atoms with E-state index >= 15 is 0 Å². The molecule has 3 nitrogen and oxygen atoms in total. The van der Waals surface area contributed by atoms with Crippen molar-refractivity contribution < 1.29 is 23.1 Å². The number of rotatable bonds is 1. The van der Waals surface area contributed by atoms with Gasteiger partial charge in [-0.2, -0.15) is 13.2 Å². The summed E-state index contributed by atoms with van der Waals surface area (Å²) < 4.78 is 36.4. The molecule has 84 valence electrons. The Morgan fingerprint density at radius 1 is 1.44 bits per heavy atom. The minimum Gasteiger partial charge on any atom is -0.481 e. The number of carbonyl (C=O) groups is 1. The summed E-state index contributed by atoms with van der Waals surface area (Å²) in [6.07, 6.45) is -4.15. The van der Waals surface area contributed by atoms with Gasteiger partial charge in [-0.15, -0.1) is 0 Å². The lowest BCUT2D eigenvalue weighted by molar-refractivity contribution is -0.138. The summed E-state index contributed by atoms with van der Waals surface area (Å²) in [6, 6.07) is 1.94. The molecule has 0 aliphatic heterocycles. The molecule has 0 saturated heterocycles. The zero-order valence-electron chi connectivity index (χ0n) is 7.88. The van der Waals surface area contributed by atoms with Crippen LogP contribution < -0.4 is 0 Å². The Kier molecular flexibility index (Phi) is 3.51. The summed E-state index contributed by atoms with van der Waals surface area (Å²) in [6.45, 7) is 0. The first-order chi connectivity index (χ1) is 7.39. The van der Waals surface area contributed by atoms with Gasteiger partial charge < -0.3 is 5.11 Å². The fourth-order valence-corrected chi connectivity index (χ4v) is 0.846. The van der Waals surface area contributed by atoms with Crippen molar-refractivity contribution >= 4 is 5.97 Å². The van der Waals surface area contributed by atoms with Crippen LogP contribution in [-0.4, -0.2) is 16.1 Å². The molecule has 0 saturated carbocycles. The Morgan fingerprint density at radius 3 is 2.56 bits per heavy atom. The van der Waals surface area contributed by atoms with Crippen molar-refractivity contribution in [3.8, 4) is 11.8 Å². The minimum absolute atomic E-state index is 0.106. The third-order valence-corrected chi connectivity index (χ3v) is 1.55. The van der Waals surface area contributed by atoms with Gasteiger partial charge in [0.2, 0.25) is 0 Å². The molecule has 0 amide bonds. The first kappa shape index (κ1) is 12.0. The molecular formula is C10H6F3NO2. The molecule has 0 atom stereocenters. The van der Waals surface area contributed by atoms with Crippen LogP contribution in [0, 0.1) is 11.8 Å². The number of hydrogen-bond donors (Lipinski definition) is 1. The van der Waals surface area contributed by atoms with E-state index in [1.54, 1.807) is 0 Å². The average molecular weight is 229 g/mol. The molecule has 0 bridgehead atoms. The number of carboxylic acids is 1. The van der Waals surface area contributed by atoms with Crippen LogP contribution in [0.2, 0.25) is 0 Å². The average Bonchev–Trinajstić information content (AvgIpc) is 2.16. The van der Waals surface area contributed by atoms with E-state index in [2.05, 4.69) is 16.8 Å². The lowest BCUT2D eigenvalue weighted by atomic mass is 10.2. The van der Waals surface area contributed by atoms with Gasteiger partial charge in [-0.3, -0.25) is 4.79 Å². The third-order valence-electron chi connectivity index (χ3n) is 1.55. The van der Waals surface area contributed by atoms with Crippen LogP contribution in [0.25, 0.3) is 0 Å².